The number of aliphatic hydroxyl groups excluding tert-OH is 1. The number of H-pyrrole nitrogens is 1. The Bertz CT molecular complexity index is 1620. The highest BCUT2D eigenvalue weighted by atomic mass is 16.5. The van der Waals surface area contributed by atoms with Crippen LogP contribution in [-0.4, -0.2) is 54.6 Å². The first kappa shape index (κ1) is 26.6. The third-order valence-electron chi connectivity index (χ3n) is 7.12. The number of ketones is 1. The number of aromatic amines is 1. The number of aliphatic hydroxyl groups is 1. The van der Waals surface area contributed by atoms with Crippen molar-refractivity contribution in [3.8, 4) is 17.2 Å². The summed E-state index contributed by atoms with van der Waals surface area (Å²) in [6, 6.07) is 19.4. The molecule has 204 valence electrons. The number of hydrogen-bond donors (Lipinski definition) is 2. The van der Waals surface area contributed by atoms with Gasteiger partial charge in [-0.1, -0.05) is 36.4 Å². The van der Waals surface area contributed by atoms with Crippen LogP contribution in [0.5, 0.6) is 17.2 Å². The molecule has 0 bridgehead atoms. The van der Waals surface area contributed by atoms with Crippen molar-refractivity contribution in [2.24, 2.45) is 0 Å². The summed E-state index contributed by atoms with van der Waals surface area (Å²) in [5.41, 5.74) is 3.27. The van der Waals surface area contributed by atoms with Gasteiger partial charge in [0.05, 0.1) is 32.9 Å². The fourth-order valence-electron chi connectivity index (χ4n) is 5.07. The minimum Gasteiger partial charge on any atom is -0.503 e. The van der Waals surface area contributed by atoms with Crippen molar-refractivity contribution in [2.75, 3.05) is 27.9 Å². The molecule has 1 aliphatic heterocycles. The van der Waals surface area contributed by atoms with Crippen LogP contribution in [0, 0.1) is 0 Å². The van der Waals surface area contributed by atoms with Crippen molar-refractivity contribution >= 4 is 28.7 Å². The van der Waals surface area contributed by atoms with Crippen molar-refractivity contribution < 1.29 is 28.9 Å². The molecule has 1 atom stereocenters. The number of allylic oxidation sites excluding steroid dienone is 1. The lowest BCUT2D eigenvalue weighted by Gasteiger charge is -2.28. The van der Waals surface area contributed by atoms with Crippen LogP contribution in [0.1, 0.15) is 22.7 Å². The van der Waals surface area contributed by atoms with E-state index in [1.807, 2.05) is 54.7 Å². The van der Waals surface area contributed by atoms with Gasteiger partial charge in [0.25, 0.3) is 5.91 Å². The number of amides is 1. The minimum atomic E-state index is -0.884. The maximum Gasteiger partial charge on any atom is 0.290 e. The third-order valence-corrected chi connectivity index (χ3v) is 7.12. The number of carbonyl (C=O) groups is 2. The van der Waals surface area contributed by atoms with Gasteiger partial charge in [-0.3, -0.25) is 9.59 Å². The monoisotopic (exact) mass is 538 g/mol. The van der Waals surface area contributed by atoms with E-state index in [2.05, 4.69) is 4.98 Å². The first-order valence-electron chi connectivity index (χ1n) is 12.8. The molecule has 8 heteroatoms. The zero-order valence-electron chi connectivity index (χ0n) is 22.5. The number of methoxy groups -OCH3 is 3. The molecule has 1 aliphatic rings. The molecule has 2 heterocycles. The summed E-state index contributed by atoms with van der Waals surface area (Å²) < 4.78 is 16.4. The lowest BCUT2D eigenvalue weighted by Crippen LogP contribution is -2.33. The van der Waals surface area contributed by atoms with Gasteiger partial charge in [0.15, 0.2) is 11.5 Å². The Kier molecular flexibility index (Phi) is 7.59. The largest absolute Gasteiger partial charge is 0.503 e. The van der Waals surface area contributed by atoms with Crippen molar-refractivity contribution in [1.82, 2.24) is 9.88 Å². The Hall–Kier alpha value is -4.98. The number of carbonyl (C=O) groups excluding carboxylic acids is 2. The van der Waals surface area contributed by atoms with Gasteiger partial charge in [0, 0.05) is 29.2 Å². The molecule has 0 saturated heterocycles. The number of hydrogen-bond acceptors (Lipinski definition) is 6. The summed E-state index contributed by atoms with van der Waals surface area (Å²) in [4.78, 5) is 31.8. The smallest absolute Gasteiger partial charge is 0.290 e. The second-order valence-corrected chi connectivity index (χ2v) is 9.35. The van der Waals surface area contributed by atoms with Gasteiger partial charge in [0.2, 0.25) is 0 Å². The second kappa shape index (κ2) is 11.4. The fourth-order valence-corrected chi connectivity index (χ4v) is 5.07. The van der Waals surface area contributed by atoms with Crippen molar-refractivity contribution in [3.63, 3.8) is 0 Å². The molecule has 0 fully saturated rings. The average molecular weight is 539 g/mol. The van der Waals surface area contributed by atoms with E-state index in [9.17, 15) is 14.7 Å². The van der Waals surface area contributed by atoms with Gasteiger partial charge >= 0.3 is 0 Å². The molecule has 1 aromatic heterocycles. The van der Waals surface area contributed by atoms with Crippen LogP contribution in [0.3, 0.4) is 0 Å². The van der Waals surface area contributed by atoms with Gasteiger partial charge in [-0.25, -0.2) is 0 Å². The van der Waals surface area contributed by atoms with E-state index >= 15 is 0 Å². The van der Waals surface area contributed by atoms with Gasteiger partial charge in [-0.15, -0.1) is 0 Å². The van der Waals surface area contributed by atoms with E-state index in [1.54, 1.807) is 31.4 Å². The molecular formula is C32H30N2O6. The molecule has 40 heavy (non-hydrogen) atoms. The Morgan fingerprint density at radius 1 is 0.975 bits per heavy atom. The predicted molar refractivity (Wildman–Crippen MR) is 153 cm³/mol. The summed E-state index contributed by atoms with van der Waals surface area (Å²) in [6.07, 6.45) is 5.40. The number of nitrogens with zero attached hydrogens (tertiary/aromatic N) is 1. The Balaban J connectivity index is 1.53. The van der Waals surface area contributed by atoms with Crippen LogP contribution in [0.4, 0.5) is 0 Å². The highest BCUT2D eigenvalue weighted by Gasteiger charge is 2.44. The maximum atomic E-state index is 13.6. The minimum absolute atomic E-state index is 0.00988. The zero-order chi connectivity index (χ0) is 28.2. The Morgan fingerprint density at radius 3 is 2.42 bits per heavy atom. The Morgan fingerprint density at radius 2 is 1.70 bits per heavy atom. The number of fused-ring (bicyclic) bond motifs is 1. The lowest BCUT2D eigenvalue weighted by atomic mass is 9.94. The van der Waals surface area contributed by atoms with Gasteiger partial charge in [0.1, 0.15) is 17.2 Å². The molecule has 8 nitrogen and oxygen atoms in total. The molecule has 0 saturated carbocycles. The number of aromatic nitrogens is 1. The van der Waals surface area contributed by atoms with E-state index in [-0.39, 0.29) is 12.1 Å². The topological polar surface area (TPSA) is 101 Å². The summed E-state index contributed by atoms with van der Waals surface area (Å²) in [5, 5.41) is 12.0. The van der Waals surface area contributed by atoms with Crippen LogP contribution in [0.2, 0.25) is 0 Å². The quantitative estimate of drug-likeness (QED) is 0.262. The van der Waals surface area contributed by atoms with Crippen LogP contribution < -0.4 is 14.2 Å². The molecule has 1 amide bonds. The zero-order valence-corrected chi connectivity index (χ0v) is 22.5. The highest BCUT2D eigenvalue weighted by molar-refractivity contribution is 6.14. The molecule has 0 spiro atoms. The van der Waals surface area contributed by atoms with Gasteiger partial charge in [-0.2, -0.15) is 0 Å². The SMILES string of the molecule is COc1ccc(OC)c([C@H]2C(C(=O)/C=C/c3ccccc3)=C(O)C(=O)N2CCc2c[nH]c3ccc(OC)cc23)c1. The first-order chi connectivity index (χ1) is 19.4. The lowest BCUT2D eigenvalue weighted by molar-refractivity contribution is -0.129. The van der Waals surface area contributed by atoms with E-state index < -0.39 is 23.5 Å². The normalized spacial score (nSPS) is 15.3. The van der Waals surface area contributed by atoms with Gasteiger partial charge < -0.3 is 29.2 Å². The van der Waals surface area contributed by atoms with Crippen LogP contribution in [0.15, 0.2) is 90.3 Å². The van der Waals surface area contributed by atoms with E-state index in [0.29, 0.717) is 23.5 Å². The maximum absolute atomic E-state index is 13.6. The molecular weight excluding hydrogens is 508 g/mol. The van der Waals surface area contributed by atoms with Crippen molar-refractivity contribution in [1.29, 1.82) is 0 Å². The number of benzene rings is 3. The Labute approximate surface area is 232 Å². The molecule has 2 N–H and O–H groups in total. The average Bonchev–Trinajstić information content (AvgIpc) is 3.51. The molecule has 0 unspecified atom stereocenters. The summed E-state index contributed by atoms with van der Waals surface area (Å²) in [6.45, 7) is 0.233. The number of ether oxygens (including phenoxy) is 3. The molecule has 0 radical (unpaired) electrons. The number of nitrogens with one attached hydrogen (secondary N) is 1. The van der Waals surface area contributed by atoms with E-state index in [1.165, 1.54) is 25.2 Å². The van der Waals surface area contributed by atoms with Crippen LogP contribution in [0.25, 0.3) is 17.0 Å². The third kappa shape index (κ3) is 5.03. The van der Waals surface area contributed by atoms with Crippen molar-refractivity contribution in [3.05, 3.63) is 107 Å². The van der Waals surface area contributed by atoms with E-state index in [0.717, 1.165) is 27.8 Å². The fraction of sp³-hybridized carbons (Fsp3) is 0.188. The summed E-state index contributed by atoms with van der Waals surface area (Å²) >= 11 is 0. The van der Waals surface area contributed by atoms with Crippen molar-refractivity contribution in [2.45, 2.75) is 12.5 Å². The number of rotatable bonds is 10. The second-order valence-electron chi connectivity index (χ2n) is 9.35. The van der Waals surface area contributed by atoms with E-state index in [4.69, 9.17) is 14.2 Å². The summed E-state index contributed by atoms with van der Waals surface area (Å²) in [7, 11) is 4.67. The molecule has 3 aromatic carbocycles. The standard InChI is InChI=1S/C32H30N2O6/c1-38-22-10-12-26-24(17-22)21(19-33-26)15-16-34-30(25-18-23(39-2)11-14-28(25)40-3)29(31(36)32(34)37)27(35)13-9-20-7-5-4-6-8-20/h4-14,17-19,30,33,36H,15-16H2,1-3H3/b13-9+/t30-/m0/s1. The summed E-state index contributed by atoms with van der Waals surface area (Å²) in [5.74, 6) is 0.0604. The van der Waals surface area contributed by atoms with Crippen LogP contribution in [-0.2, 0) is 16.0 Å². The van der Waals surface area contributed by atoms with Gasteiger partial charge in [-0.05, 0) is 60.0 Å². The van der Waals surface area contributed by atoms with Crippen LogP contribution >= 0.6 is 0 Å². The first-order valence-corrected chi connectivity index (χ1v) is 12.8. The molecule has 5 rings (SSSR count). The predicted octanol–water partition coefficient (Wildman–Crippen LogP) is 5.41. The molecule has 0 aliphatic carbocycles. The highest BCUT2D eigenvalue weighted by Crippen LogP contribution is 2.43. The molecule has 4 aromatic rings.